The maximum absolute atomic E-state index is 12.1. The average Bonchev–Trinajstić information content (AvgIpc) is 3.19. The van der Waals surface area contributed by atoms with E-state index in [1.165, 1.54) is 17.5 Å². The molecule has 4 aromatic rings. The van der Waals surface area contributed by atoms with E-state index < -0.39 is 18.4 Å². The zero-order chi connectivity index (χ0) is 21.1. The molecule has 0 atom stereocenters. The molecule has 0 saturated carbocycles. The lowest BCUT2D eigenvalue weighted by Gasteiger charge is -2.03. The fourth-order valence-electron chi connectivity index (χ4n) is 2.59. The molecule has 0 bridgehead atoms. The number of pyridine rings is 2. The SMILES string of the molecule is O=C(O)CNC(=O)c1ncc2nc(-c3ccc(Sc4ccccc4)nc3)sc2c1O. The molecule has 0 aliphatic heterocycles. The molecule has 3 heterocycles. The topological polar surface area (TPSA) is 125 Å². The lowest BCUT2D eigenvalue weighted by atomic mass is 10.3. The van der Waals surface area contributed by atoms with E-state index in [2.05, 4.69) is 20.3 Å². The van der Waals surface area contributed by atoms with E-state index in [1.807, 2.05) is 42.5 Å². The molecule has 3 N–H and O–H groups in total. The summed E-state index contributed by atoms with van der Waals surface area (Å²) in [7, 11) is 0. The number of hydrogen-bond donors (Lipinski definition) is 3. The molecule has 0 saturated heterocycles. The molecule has 0 spiro atoms. The molecule has 0 unspecified atom stereocenters. The van der Waals surface area contributed by atoms with Gasteiger partial charge in [-0.1, -0.05) is 30.0 Å². The molecule has 30 heavy (non-hydrogen) atoms. The zero-order valence-corrected chi connectivity index (χ0v) is 16.9. The lowest BCUT2D eigenvalue weighted by molar-refractivity contribution is -0.135. The maximum atomic E-state index is 12.1. The van der Waals surface area contributed by atoms with E-state index in [1.54, 1.807) is 18.0 Å². The number of nitrogens with one attached hydrogen (secondary N) is 1. The van der Waals surface area contributed by atoms with Crippen molar-refractivity contribution < 1.29 is 19.8 Å². The Morgan fingerprint density at radius 3 is 2.57 bits per heavy atom. The van der Waals surface area contributed by atoms with Crippen molar-refractivity contribution in [2.45, 2.75) is 9.92 Å². The van der Waals surface area contributed by atoms with Gasteiger partial charge in [-0.05, 0) is 24.3 Å². The number of aromatic nitrogens is 3. The molecule has 1 aromatic carbocycles. The van der Waals surface area contributed by atoms with Crippen molar-refractivity contribution >= 4 is 45.2 Å². The Kier molecular flexibility index (Phi) is 5.59. The third-order valence-corrected chi connectivity index (χ3v) is 6.06. The summed E-state index contributed by atoms with van der Waals surface area (Å²) in [5.41, 5.74) is 0.960. The minimum atomic E-state index is -1.19. The normalized spacial score (nSPS) is 10.8. The molecule has 0 fully saturated rings. The van der Waals surface area contributed by atoms with Crippen molar-refractivity contribution in [2.24, 2.45) is 0 Å². The first-order chi connectivity index (χ1) is 14.5. The Hall–Kier alpha value is -3.50. The second-order valence-electron chi connectivity index (χ2n) is 6.07. The van der Waals surface area contributed by atoms with E-state index in [0.29, 0.717) is 15.2 Å². The molecular weight excluding hydrogens is 424 g/mol. The fraction of sp³-hybridized carbons (Fsp3) is 0.0500. The predicted molar refractivity (Wildman–Crippen MR) is 113 cm³/mol. The van der Waals surface area contributed by atoms with Gasteiger partial charge >= 0.3 is 5.97 Å². The van der Waals surface area contributed by atoms with Gasteiger partial charge in [0.05, 0.1) is 6.20 Å². The summed E-state index contributed by atoms with van der Waals surface area (Å²) in [6.45, 7) is -0.565. The Balaban J connectivity index is 1.58. The van der Waals surface area contributed by atoms with Gasteiger partial charge in [0.1, 0.15) is 26.8 Å². The first-order valence-electron chi connectivity index (χ1n) is 8.69. The Labute approximate surface area is 178 Å². The second-order valence-corrected chi connectivity index (χ2v) is 8.16. The Bertz CT molecular complexity index is 1230. The number of carbonyl (C=O) groups is 2. The van der Waals surface area contributed by atoms with Gasteiger partial charge in [0.25, 0.3) is 5.91 Å². The number of thiazole rings is 1. The number of hydrogen-bond acceptors (Lipinski definition) is 8. The van der Waals surface area contributed by atoms with E-state index in [9.17, 15) is 14.7 Å². The van der Waals surface area contributed by atoms with E-state index >= 15 is 0 Å². The minimum Gasteiger partial charge on any atom is -0.504 e. The van der Waals surface area contributed by atoms with Crippen LogP contribution in [0.5, 0.6) is 5.75 Å². The van der Waals surface area contributed by atoms with Gasteiger partial charge in [-0.3, -0.25) is 9.59 Å². The van der Waals surface area contributed by atoms with Crippen LogP contribution in [0.1, 0.15) is 10.5 Å². The smallest absolute Gasteiger partial charge is 0.322 e. The van der Waals surface area contributed by atoms with Crippen molar-refractivity contribution in [2.75, 3.05) is 6.54 Å². The largest absolute Gasteiger partial charge is 0.504 e. The van der Waals surface area contributed by atoms with Crippen molar-refractivity contribution in [3.63, 3.8) is 0 Å². The van der Waals surface area contributed by atoms with Crippen molar-refractivity contribution in [1.29, 1.82) is 0 Å². The van der Waals surface area contributed by atoms with Gasteiger partial charge < -0.3 is 15.5 Å². The van der Waals surface area contributed by atoms with Crippen LogP contribution in [0.2, 0.25) is 0 Å². The summed E-state index contributed by atoms with van der Waals surface area (Å²) in [4.78, 5) is 36.6. The second kappa shape index (κ2) is 8.47. The van der Waals surface area contributed by atoms with Crippen LogP contribution in [0.4, 0.5) is 0 Å². The van der Waals surface area contributed by atoms with Gasteiger partial charge in [0, 0.05) is 16.7 Å². The van der Waals surface area contributed by atoms with Crippen LogP contribution < -0.4 is 5.32 Å². The number of carboxylic acid groups (broad SMARTS) is 1. The van der Waals surface area contributed by atoms with E-state index in [-0.39, 0.29) is 11.4 Å². The number of carbonyl (C=O) groups excluding carboxylic acids is 1. The van der Waals surface area contributed by atoms with Gasteiger partial charge in [0.2, 0.25) is 0 Å². The number of aliphatic carboxylic acids is 1. The van der Waals surface area contributed by atoms with Crippen molar-refractivity contribution in [3.8, 4) is 16.3 Å². The standard InChI is InChI=1S/C20H14N4O4S2/c25-15(26)10-23-19(28)16-17(27)18-13(9-22-16)24-20(30-18)11-6-7-14(21-8-11)29-12-4-2-1-3-5-12/h1-9,27H,10H2,(H,23,28)(H,25,26). The number of aromatic hydroxyl groups is 1. The summed E-state index contributed by atoms with van der Waals surface area (Å²) in [5, 5.41) is 22.7. The number of nitrogens with zero attached hydrogens (tertiary/aromatic N) is 3. The van der Waals surface area contributed by atoms with Crippen molar-refractivity contribution in [3.05, 3.63) is 60.6 Å². The molecule has 150 valence electrons. The van der Waals surface area contributed by atoms with E-state index in [0.717, 1.165) is 15.5 Å². The highest BCUT2D eigenvalue weighted by Crippen LogP contribution is 2.37. The molecular formula is C20H14N4O4S2. The first kappa shape index (κ1) is 19.8. The lowest BCUT2D eigenvalue weighted by Crippen LogP contribution is -2.29. The maximum Gasteiger partial charge on any atom is 0.322 e. The van der Waals surface area contributed by atoms with Crippen LogP contribution in [0, 0.1) is 0 Å². The first-order valence-corrected chi connectivity index (χ1v) is 10.3. The number of benzene rings is 1. The highest BCUT2D eigenvalue weighted by molar-refractivity contribution is 7.99. The van der Waals surface area contributed by atoms with Crippen LogP contribution in [0.25, 0.3) is 20.8 Å². The summed E-state index contributed by atoms with van der Waals surface area (Å²) in [6, 6.07) is 13.7. The van der Waals surface area contributed by atoms with Crippen LogP contribution in [-0.2, 0) is 4.79 Å². The molecule has 10 heteroatoms. The summed E-state index contributed by atoms with van der Waals surface area (Å²) in [6.07, 6.45) is 3.08. The number of rotatable bonds is 6. The van der Waals surface area contributed by atoms with Crippen LogP contribution >= 0.6 is 23.1 Å². The van der Waals surface area contributed by atoms with Gasteiger partial charge in [-0.15, -0.1) is 11.3 Å². The number of amides is 1. The van der Waals surface area contributed by atoms with E-state index in [4.69, 9.17) is 5.11 Å². The van der Waals surface area contributed by atoms with Gasteiger partial charge in [-0.2, -0.15) is 0 Å². The molecule has 0 aliphatic rings. The molecule has 3 aromatic heterocycles. The molecule has 8 nitrogen and oxygen atoms in total. The Morgan fingerprint density at radius 1 is 1.07 bits per heavy atom. The zero-order valence-electron chi connectivity index (χ0n) is 15.3. The van der Waals surface area contributed by atoms with Crippen LogP contribution in [0.15, 0.2) is 64.8 Å². The summed E-state index contributed by atoms with van der Waals surface area (Å²) >= 11 is 2.74. The minimum absolute atomic E-state index is 0.244. The predicted octanol–water partition coefficient (Wildman–Crippen LogP) is 3.42. The van der Waals surface area contributed by atoms with Gasteiger partial charge in [-0.25, -0.2) is 15.0 Å². The van der Waals surface area contributed by atoms with Crippen LogP contribution in [-0.4, -0.2) is 43.6 Å². The number of carboxylic acids is 1. The molecule has 0 aliphatic carbocycles. The average molecular weight is 438 g/mol. The van der Waals surface area contributed by atoms with Crippen LogP contribution in [0.3, 0.4) is 0 Å². The monoisotopic (exact) mass is 438 g/mol. The Morgan fingerprint density at radius 2 is 1.87 bits per heavy atom. The third-order valence-electron chi connectivity index (χ3n) is 3.97. The highest BCUT2D eigenvalue weighted by atomic mass is 32.2. The molecule has 0 radical (unpaired) electrons. The quantitative estimate of drug-likeness (QED) is 0.418. The third kappa shape index (κ3) is 4.24. The summed E-state index contributed by atoms with van der Waals surface area (Å²) in [5.74, 6) is -2.29. The molecule has 1 amide bonds. The highest BCUT2D eigenvalue weighted by Gasteiger charge is 2.19. The van der Waals surface area contributed by atoms with Gasteiger partial charge in [0.15, 0.2) is 11.4 Å². The van der Waals surface area contributed by atoms with Crippen molar-refractivity contribution in [1.82, 2.24) is 20.3 Å². The fourth-order valence-corrected chi connectivity index (χ4v) is 4.34. The summed E-state index contributed by atoms with van der Waals surface area (Å²) < 4.78 is 0.392. The number of fused-ring (bicyclic) bond motifs is 1. The molecule has 4 rings (SSSR count).